The summed E-state index contributed by atoms with van der Waals surface area (Å²) in [6.07, 6.45) is 1.05. The predicted octanol–water partition coefficient (Wildman–Crippen LogP) is 3.86. The lowest BCUT2D eigenvalue weighted by Crippen LogP contribution is -2.32. The number of amides is 1. The molecule has 1 N–H and O–H groups in total. The monoisotopic (exact) mass is 454 g/mol. The van der Waals surface area contributed by atoms with Gasteiger partial charge in [0.1, 0.15) is 5.01 Å². The molecule has 0 fully saturated rings. The van der Waals surface area contributed by atoms with Crippen molar-refractivity contribution >= 4 is 28.9 Å². The standard InChI is InChI=1S/C22H22N4O5S/c1-14(2)31-21(28)12-18(16-7-3-4-9-19(16)26(29)30)25-20(27)11-15-13-32-22(24-15)17-8-5-6-10-23-17/h3-10,13-14,18H,11-12H2,1-2H3,(H,25,27). The van der Waals surface area contributed by atoms with Crippen molar-refractivity contribution in [1.29, 1.82) is 0 Å². The lowest BCUT2D eigenvalue weighted by atomic mass is 10.0. The molecule has 32 heavy (non-hydrogen) atoms. The van der Waals surface area contributed by atoms with Gasteiger partial charge in [0.2, 0.25) is 5.91 Å². The summed E-state index contributed by atoms with van der Waals surface area (Å²) in [6.45, 7) is 3.41. The van der Waals surface area contributed by atoms with Gasteiger partial charge in [0, 0.05) is 17.6 Å². The molecule has 0 aliphatic rings. The van der Waals surface area contributed by atoms with E-state index >= 15 is 0 Å². The summed E-state index contributed by atoms with van der Waals surface area (Å²) in [6, 6.07) is 10.6. The first-order valence-electron chi connectivity index (χ1n) is 9.91. The maximum Gasteiger partial charge on any atom is 0.308 e. The minimum Gasteiger partial charge on any atom is -0.463 e. The molecule has 0 bridgehead atoms. The lowest BCUT2D eigenvalue weighted by Gasteiger charge is -2.19. The smallest absolute Gasteiger partial charge is 0.308 e. The number of thiazole rings is 1. The van der Waals surface area contributed by atoms with Gasteiger partial charge in [-0.2, -0.15) is 0 Å². The molecule has 1 amide bonds. The molecule has 1 atom stereocenters. The van der Waals surface area contributed by atoms with E-state index in [1.54, 1.807) is 37.6 Å². The molecule has 2 aromatic heterocycles. The molecule has 0 saturated carbocycles. The summed E-state index contributed by atoms with van der Waals surface area (Å²) >= 11 is 1.37. The highest BCUT2D eigenvalue weighted by Crippen LogP contribution is 2.28. The molecule has 3 rings (SSSR count). The van der Waals surface area contributed by atoms with Crippen molar-refractivity contribution in [2.45, 2.75) is 38.8 Å². The van der Waals surface area contributed by atoms with Gasteiger partial charge in [0.05, 0.1) is 46.9 Å². The molecule has 3 aromatic rings. The quantitative estimate of drug-likeness (QED) is 0.296. The molecule has 10 heteroatoms. The Morgan fingerprint density at radius 1 is 1.19 bits per heavy atom. The topological polar surface area (TPSA) is 124 Å². The molecule has 0 aliphatic carbocycles. The number of nitrogens with zero attached hydrogens (tertiary/aromatic N) is 3. The average molecular weight is 455 g/mol. The predicted molar refractivity (Wildman–Crippen MR) is 119 cm³/mol. The van der Waals surface area contributed by atoms with Crippen molar-refractivity contribution in [1.82, 2.24) is 15.3 Å². The third kappa shape index (κ3) is 6.17. The van der Waals surface area contributed by atoms with Crippen LogP contribution in [0.5, 0.6) is 0 Å². The zero-order valence-electron chi connectivity index (χ0n) is 17.6. The number of benzene rings is 1. The van der Waals surface area contributed by atoms with Crippen LogP contribution in [0.3, 0.4) is 0 Å². The van der Waals surface area contributed by atoms with Gasteiger partial charge < -0.3 is 10.1 Å². The number of rotatable bonds is 9. The highest BCUT2D eigenvalue weighted by molar-refractivity contribution is 7.13. The minimum atomic E-state index is -0.913. The van der Waals surface area contributed by atoms with Crippen molar-refractivity contribution < 1.29 is 19.2 Å². The SMILES string of the molecule is CC(C)OC(=O)CC(NC(=O)Cc1csc(-c2ccccn2)n1)c1ccccc1[N+](=O)[O-]. The van der Waals surface area contributed by atoms with Crippen LogP contribution >= 0.6 is 11.3 Å². The van der Waals surface area contributed by atoms with Crippen LogP contribution in [0.25, 0.3) is 10.7 Å². The lowest BCUT2D eigenvalue weighted by molar-refractivity contribution is -0.385. The second-order valence-electron chi connectivity index (χ2n) is 7.21. The molecule has 1 unspecified atom stereocenters. The average Bonchev–Trinajstić information content (AvgIpc) is 3.21. The third-order valence-electron chi connectivity index (χ3n) is 4.36. The highest BCUT2D eigenvalue weighted by atomic mass is 32.1. The van der Waals surface area contributed by atoms with E-state index in [9.17, 15) is 19.7 Å². The first-order valence-corrected chi connectivity index (χ1v) is 10.8. The van der Waals surface area contributed by atoms with Crippen LogP contribution in [-0.4, -0.2) is 32.9 Å². The Morgan fingerprint density at radius 3 is 2.62 bits per heavy atom. The fraction of sp³-hybridized carbons (Fsp3) is 0.273. The number of nitro groups is 1. The van der Waals surface area contributed by atoms with E-state index in [-0.39, 0.29) is 30.2 Å². The molecular weight excluding hydrogens is 432 g/mol. The molecule has 1 aromatic carbocycles. The van der Waals surface area contributed by atoms with Crippen molar-refractivity contribution in [3.05, 3.63) is 75.4 Å². The Kier molecular flexibility index (Phi) is 7.61. The fourth-order valence-corrected chi connectivity index (χ4v) is 3.86. The number of hydrogen-bond donors (Lipinski definition) is 1. The van der Waals surface area contributed by atoms with Crippen LogP contribution in [0.2, 0.25) is 0 Å². The molecule has 166 valence electrons. The summed E-state index contributed by atoms with van der Waals surface area (Å²) in [4.78, 5) is 44.6. The third-order valence-corrected chi connectivity index (χ3v) is 5.27. The van der Waals surface area contributed by atoms with Crippen LogP contribution < -0.4 is 5.32 Å². The van der Waals surface area contributed by atoms with Crippen LogP contribution in [0.4, 0.5) is 5.69 Å². The van der Waals surface area contributed by atoms with Gasteiger partial charge in [-0.05, 0) is 26.0 Å². The van der Waals surface area contributed by atoms with E-state index in [1.807, 2.05) is 12.1 Å². The maximum atomic E-state index is 12.7. The van der Waals surface area contributed by atoms with E-state index < -0.39 is 22.8 Å². The molecule has 0 radical (unpaired) electrons. The van der Waals surface area contributed by atoms with Gasteiger partial charge in [-0.3, -0.25) is 24.7 Å². The Labute approximate surface area is 188 Å². The van der Waals surface area contributed by atoms with E-state index in [0.717, 1.165) is 0 Å². The Balaban J connectivity index is 1.77. The minimum absolute atomic E-state index is 0.0420. The number of carbonyl (C=O) groups excluding carboxylic acids is 2. The second-order valence-corrected chi connectivity index (χ2v) is 8.07. The van der Waals surface area contributed by atoms with Crippen LogP contribution in [0.15, 0.2) is 54.0 Å². The molecule has 0 spiro atoms. The molecule has 0 aliphatic heterocycles. The molecule has 2 heterocycles. The number of aromatic nitrogens is 2. The number of nitrogens with one attached hydrogen (secondary N) is 1. The zero-order valence-corrected chi connectivity index (χ0v) is 18.4. The molecule has 0 saturated heterocycles. The number of carbonyl (C=O) groups is 2. The summed E-state index contributed by atoms with van der Waals surface area (Å²) in [7, 11) is 0. The van der Waals surface area contributed by atoms with Gasteiger partial charge in [-0.15, -0.1) is 11.3 Å². The second kappa shape index (κ2) is 10.6. The first kappa shape index (κ1) is 23.0. The van der Waals surface area contributed by atoms with Gasteiger partial charge in [-0.1, -0.05) is 24.3 Å². The van der Waals surface area contributed by atoms with Crippen molar-refractivity contribution in [3.63, 3.8) is 0 Å². The van der Waals surface area contributed by atoms with Crippen molar-refractivity contribution in [2.75, 3.05) is 0 Å². The van der Waals surface area contributed by atoms with E-state index in [0.29, 0.717) is 16.4 Å². The van der Waals surface area contributed by atoms with Crippen molar-refractivity contribution in [2.24, 2.45) is 0 Å². The van der Waals surface area contributed by atoms with Crippen LogP contribution in [0, 0.1) is 10.1 Å². The normalized spacial score (nSPS) is 11.7. The van der Waals surface area contributed by atoms with Crippen LogP contribution in [-0.2, 0) is 20.7 Å². The van der Waals surface area contributed by atoms with Gasteiger partial charge in [0.25, 0.3) is 5.69 Å². The number of para-hydroxylation sites is 1. The van der Waals surface area contributed by atoms with E-state index in [1.165, 1.54) is 29.5 Å². The number of ether oxygens (including phenoxy) is 1. The number of nitro benzene ring substituents is 1. The van der Waals surface area contributed by atoms with E-state index in [4.69, 9.17) is 4.74 Å². The summed E-state index contributed by atoms with van der Waals surface area (Å²) in [5, 5.41) is 16.6. The largest absolute Gasteiger partial charge is 0.463 e. The Morgan fingerprint density at radius 2 is 1.94 bits per heavy atom. The van der Waals surface area contributed by atoms with Gasteiger partial charge in [0.15, 0.2) is 0 Å². The van der Waals surface area contributed by atoms with E-state index in [2.05, 4.69) is 15.3 Å². The number of hydrogen-bond acceptors (Lipinski definition) is 8. The molecular formula is C22H22N4O5S. The first-order chi connectivity index (χ1) is 15.3. The highest BCUT2D eigenvalue weighted by Gasteiger charge is 2.27. The summed E-state index contributed by atoms with van der Waals surface area (Å²) in [5.74, 6) is -0.974. The fourth-order valence-electron chi connectivity index (χ4n) is 3.07. The summed E-state index contributed by atoms with van der Waals surface area (Å²) in [5.41, 5.74) is 1.30. The summed E-state index contributed by atoms with van der Waals surface area (Å²) < 4.78 is 5.18. The Hall–Kier alpha value is -3.66. The van der Waals surface area contributed by atoms with Gasteiger partial charge in [-0.25, -0.2) is 4.98 Å². The van der Waals surface area contributed by atoms with Crippen molar-refractivity contribution in [3.8, 4) is 10.7 Å². The number of esters is 1. The van der Waals surface area contributed by atoms with Gasteiger partial charge >= 0.3 is 5.97 Å². The number of pyridine rings is 1. The Bertz CT molecular complexity index is 1100. The zero-order chi connectivity index (χ0) is 23.1. The maximum absolute atomic E-state index is 12.7. The molecule has 9 nitrogen and oxygen atoms in total. The van der Waals surface area contributed by atoms with Crippen LogP contribution in [0.1, 0.15) is 37.6 Å².